The molecule has 2 fully saturated rings. The van der Waals surface area contributed by atoms with Gasteiger partial charge in [0.1, 0.15) is 0 Å². The molecule has 29 heavy (non-hydrogen) atoms. The number of amides is 1. The van der Waals surface area contributed by atoms with Crippen molar-refractivity contribution < 1.29 is 9.53 Å². The summed E-state index contributed by atoms with van der Waals surface area (Å²) in [7, 11) is 0. The van der Waals surface area contributed by atoms with Crippen molar-refractivity contribution >= 4 is 17.0 Å². The molecule has 0 N–H and O–H groups in total. The van der Waals surface area contributed by atoms with Crippen molar-refractivity contribution in [2.24, 2.45) is 0 Å². The summed E-state index contributed by atoms with van der Waals surface area (Å²) in [6.07, 6.45) is 13.5. The summed E-state index contributed by atoms with van der Waals surface area (Å²) in [6.45, 7) is 0.127. The molecule has 2 saturated carbocycles. The molecule has 1 aromatic carbocycles. The third kappa shape index (κ3) is 5.09. The lowest BCUT2D eigenvalue weighted by Gasteiger charge is -2.40. The molecule has 0 spiro atoms. The minimum Gasteiger partial charge on any atom is -0.436 e. The minimum absolute atomic E-state index is 0.127. The number of benzene rings is 1. The second-order valence-corrected chi connectivity index (χ2v) is 8.26. The number of aromatic nitrogens is 1. The van der Waals surface area contributed by atoms with E-state index in [1.54, 1.807) is 6.20 Å². The van der Waals surface area contributed by atoms with Crippen LogP contribution in [-0.4, -0.2) is 34.7 Å². The van der Waals surface area contributed by atoms with Crippen LogP contribution in [0.3, 0.4) is 0 Å². The number of nitrogens with zero attached hydrogens (tertiary/aromatic N) is 2. The number of pyridine rings is 1. The Bertz CT molecular complexity index is 868. The monoisotopic (exact) mass is 390 g/mol. The third-order valence-corrected chi connectivity index (χ3v) is 6.24. The van der Waals surface area contributed by atoms with Crippen LogP contribution < -0.4 is 0 Å². The Morgan fingerprint density at radius 2 is 1.66 bits per heavy atom. The maximum absolute atomic E-state index is 13.0. The lowest BCUT2D eigenvalue weighted by Crippen LogP contribution is -2.49. The lowest BCUT2D eigenvalue weighted by atomic mass is 9.89. The Kier molecular flexibility index (Phi) is 6.67. The summed E-state index contributed by atoms with van der Waals surface area (Å²) >= 11 is 0. The predicted molar refractivity (Wildman–Crippen MR) is 116 cm³/mol. The largest absolute Gasteiger partial charge is 0.436 e. The molecule has 2 aromatic rings. The van der Waals surface area contributed by atoms with Crippen LogP contribution in [0, 0.1) is 11.8 Å². The number of hydrogen-bond acceptors (Lipinski definition) is 3. The quantitative estimate of drug-likeness (QED) is 0.632. The zero-order valence-electron chi connectivity index (χ0n) is 17.1. The summed E-state index contributed by atoms with van der Waals surface area (Å²) in [6, 6.07) is 10.7. The molecular formula is C25H30N2O2. The summed E-state index contributed by atoms with van der Waals surface area (Å²) < 4.78 is 5.61. The van der Waals surface area contributed by atoms with Crippen molar-refractivity contribution in [1.29, 1.82) is 0 Å². The van der Waals surface area contributed by atoms with Crippen LogP contribution in [0.25, 0.3) is 10.9 Å². The van der Waals surface area contributed by atoms with Crippen LogP contribution in [0.5, 0.6) is 0 Å². The van der Waals surface area contributed by atoms with Crippen LogP contribution in [0.15, 0.2) is 36.5 Å². The van der Waals surface area contributed by atoms with Crippen molar-refractivity contribution in [3.05, 3.63) is 42.1 Å². The topological polar surface area (TPSA) is 42.4 Å². The molecule has 1 amide bonds. The van der Waals surface area contributed by atoms with Crippen LogP contribution in [0.1, 0.15) is 69.8 Å². The van der Waals surface area contributed by atoms with E-state index >= 15 is 0 Å². The van der Waals surface area contributed by atoms with Gasteiger partial charge >= 0.3 is 6.09 Å². The van der Waals surface area contributed by atoms with Gasteiger partial charge in [0.05, 0.1) is 5.52 Å². The Balaban J connectivity index is 1.38. The van der Waals surface area contributed by atoms with E-state index in [1.165, 1.54) is 38.5 Å². The fourth-order valence-corrected chi connectivity index (χ4v) is 4.76. The van der Waals surface area contributed by atoms with Crippen LogP contribution in [0.2, 0.25) is 0 Å². The van der Waals surface area contributed by atoms with Gasteiger partial charge in [-0.2, -0.15) is 0 Å². The van der Waals surface area contributed by atoms with Gasteiger partial charge in [0.2, 0.25) is 0 Å². The number of fused-ring (bicyclic) bond motifs is 1. The molecule has 0 saturated heterocycles. The zero-order chi connectivity index (χ0) is 19.9. The van der Waals surface area contributed by atoms with Gasteiger partial charge in [0, 0.05) is 29.2 Å². The molecule has 2 aliphatic carbocycles. The van der Waals surface area contributed by atoms with Crippen molar-refractivity contribution in [2.45, 2.75) is 76.3 Å². The molecule has 152 valence electrons. The van der Waals surface area contributed by atoms with E-state index in [2.05, 4.69) is 21.7 Å². The summed E-state index contributed by atoms with van der Waals surface area (Å²) in [4.78, 5) is 19.5. The van der Waals surface area contributed by atoms with E-state index in [1.807, 2.05) is 30.3 Å². The lowest BCUT2D eigenvalue weighted by molar-refractivity contribution is 0.0522. The third-order valence-electron chi connectivity index (χ3n) is 6.24. The number of carbonyl (C=O) groups excluding carboxylic acids is 1. The summed E-state index contributed by atoms with van der Waals surface area (Å²) in [5.41, 5.74) is 1.80. The van der Waals surface area contributed by atoms with E-state index in [0.29, 0.717) is 12.1 Å². The minimum atomic E-state index is -0.172. The van der Waals surface area contributed by atoms with Gasteiger partial charge < -0.3 is 9.64 Å². The van der Waals surface area contributed by atoms with E-state index in [9.17, 15) is 4.79 Å². The molecule has 0 unspecified atom stereocenters. The SMILES string of the molecule is O=C(OCC#Cc1cnc2ccccc2c1)N(C1CCCCC1)C1CCCCC1. The average molecular weight is 391 g/mol. The molecule has 0 radical (unpaired) electrons. The molecule has 0 bridgehead atoms. The van der Waals surface area contributed by atoms with Gasteiger partial charge in [-0.3, -0.25) is 4.98 Å². The Morgan fingerprint density at radius 1 is 1.00 bits per heavy atom. The normalized spacial score (nSPS) is 18.1. The predicted octanol–water partition coefficient (Wildman–Crippen LogP) is 5.69. The molecule has 4 heteroatoms. The first-order chi connectivity index (χ1) is 14.3. The zero-order valence-corrected chi connectivity index (χ0v) is 17.1. The number of carbonyl (C=O) groups is 1. The number of ether oxygens (including phenoxy) is 1. The van der Waals surface area contributed by atoms with E-state index < -0.39 is 0 Å². The highest BCUT2D eigenvalue weighted by Crippen LogP contribution is 2.30. The van der Waals surface area contributed by atoms with Crippen LogP contribution in [0.4, 0.5) is 4.79 Å². The van der Waals surface area contributed by atoms with E-state index in [4.69, 9.17) is 4.74 Å². The van der Waals surface area contributed by atoms with Gasteiger partial charge in [-0.25, -0.2) is 4.79 Å². The number of rotatable bonds is 3. The standard InChI is InChI=1S/C25H30N2O2/c28-25(27(22-12-3-1-4-13-22)23-14-5-2-6-15-23)29-17-9-10-20-18-21-11-7-8-16-24(21)26-19-20/h7-8,11,16,18-19,22-23H,1-6,12-15,17H2. The Morgan fingerprint density at radius 3 is 2.34 bits per heavy atom. The maximum Gasteiger partial charge on any atom is 0.411 e. The number of hydrogen-bond donors (Lipinski definition) is 0. The first-order valence-electron chi connectivity index (χ1n) is 11.1. The van der Waals surface area contributed by atoms with Gasteiger partial charge in [-0.05, 0) is 37.8 Å². The van der Waals surface area contributed by atoms with Crippen LogP contribution in [-0.2, 0) is 4.74 Å². The van der Waals surface area contributed by atoms with Gasteiger partial charge in [0.25, 0.3) is 0 Å². The van der Waals surface area contributed by atoms with Gasteiger partial charge in [-0.15, -0.1) is 0 Å². The molecule has 1 heterocycles. The Labute approximate surface area is 173 Å². The van der Waals surface area contributed by atoms with Crippen molar-refractivity contribution in [3.63, 3.8) is 0 Å². The molecular weight excluding hydrogens is 360 g/mol. The van der Waals surface area contributed by atoms with Crippen LogP contribution >= 0.6 is 0 Å². The molecule has 4 rings (SSSR count). The van der Waals surface area contributed by atoms with Gasteiger partial charge in [-0.1, -0.05) is 68.6 Å². The fourth-order valence-electron chi connectivity index (χ4n) is 4.76. The first-order valence-corrected chi connectivity index (χ1v) is 11.1. The molecule has 1 aromatic heterocycles. The smallest absolute Gasteiger partial charge is 0.411 e. The second-order valence-electron chi connectivity index (χ2n) is 8.26. The average Bonchev–Trinajstić information content (AvgIpc) is 2.78. The fraction of sp³-hybridized carbons (Fsp3) is 0.520. The van der Waals surface area contributed by atoms with Gasteiger partial charge in [0.15, 0.2) is 6.61 Å². The summed E-state index contributed by atoms with van der Waals surface area (Å²) in [5.74, 6) is 6.08. The molecule has 0 aliphatic heterocycles. The van der Waals surface area contributed by atoms with Crippen molar-refractivity contribution in [1.82, 2.24) is 9.88 Å². The highest BCUT2D eigenvalue weighted by atomic mass is 16.6. The van der Waals surface area contributed by atoms with Crippen molar-refractivity contribution in [3.8, 4) is 11.8 Å². The van der Waals surface area contributed by atoms with Crippen molar-refractivity contribution in [2.75, 3.05) is 6.61 Å². The molecule has 4 nitrogen and oxygen atoms in total. The highest BCUT2D eigenvalue weighted by molar-refractivity contribution is 5.79. The molecule has 0 atom stereocenters. The maximum atomic E-state index is 13.0. The summed E-state index contributed by atoms with van der Waals surface area (Å²) in [5, 5.41) is 1.07. The second kappa shape index (κ2) is 9.78. The van der Waals surface area contributed by atoms with E-state index in [-0.39, 0.29) is 12.7 Å². The first kappa shape index (κ1) is 19.8. The highest BCUT2D eigenvalue weighted by Gasteiger charge is 2.33. The van der Waals surface area contributed by atoms with E-state index in [0.717, 1.165) is 42.1 Å². The Hall–Kier alpha value is -2.54. The molecule has 2 aliphatic rings. The number of para-hydroxylation sites is 1.